The third-order valence-corrected chi connectivity index (χ3v) is 5.39. The molecule has 0 aromatic rings. The summed E-state index contributed by atoms with van der Waals surface area (Å²) in [6.07, 6.45) is 1.58. The molecule has 1 N–H and O–H groups in total. The van der Waals surface area contributed by atoms with Gasteiger partial charge in [-0.05, 0) is 19.3 Å². The maximum Gasteiger partial charge on any atom is 0.306 e. The minimum Gasteiger partial charge on any atom is -0.481 e. The second kappa shape index (κ2) is 6.49. The van der Waals surface area contributed by atoms with Crippen LogP contribution in [-0.2, 0) is 15.0 Å². The fourth-order valence-electron chi connectivity index (χ4n) is 2.18. The smallest absolute Gasteiger partial charge is 0.306 e. The van der Waals surface area contributed by atoms with E-state index in [1.54, 1.807) is 0 Å². The van der Waals surface area contributed by atoms with Crippen LogP contribution in [0.15, 0.2) is 0 Å². The zero-order valence-corrected chi connectivity index (χ0v) is 11.8. The Kier molecular flexibility index (Phi) is 5.55. The first-order valence-electron chi connectivity index (χ1n) is 6.41. The van der Waals surface area contributed by atoms with Crippen LogP contribution in [0.5, 0.6) is 0 Å². The van der Waals surface area contributed by atoms with E-state index in [0.29, 0.717) is 39.0 Å². The van der Waals surface area contributed by atoms with Crippen molar-refractivity contribution in [3.8, 4) is 0 Å². The van der Waals surface area contributed by atoms with Crippen LogP contribution in [0, 0.1) is 5.92 Å². The summed E-state index contributed by atoms with van der Waals surface area (Å²) >= 11 is 0. The van der Waals surface area contributed by atoms with Crippen LogP contribution >= 0.6 is 0 Å². The van der Waals surface area contributed by atoms with Gasteiger partial charge in [0.05, 0.1) is 5.92 Å². The number of carbonyl (C=O) groups is 1. The molecular weight excluding hydrogens is 256 g/mol. The van der Waals surface area contributed by atoms with Gasteiger partial charge in [-0.25, -0.2) is 0 Å². The van der Waals surface area contributed by atoms with Crippen molar-refractivity contribution in [3.05, 3.63) is 0 Å². The van der Waals surface area contributed by atoms with E-state index >= 15 is 0 Å². The minimum atomic E-state index is -3.41. The maximum atomic E-state index is 12.3. The van der Waals surface area contributed by atoms with E-state index in [-0.39, 0.29) is 0 Å². The Hall–Kier alpha value is -0.660. The molecular formula is C11H22N2O4S. The lowest BCUT2D eigenvalue weighted by Crippen LogP contribution is -2.48. The Morgan fingerprint density at radius 3 is 2.28 bits per heavy atom. The first kappa shape index (κ1) is 15.4. The second-order valence-corrected chi connectivity index (χ2v) is 6.44. The summed E-state index contributed by atoms with van der Waals surface area (Å²) in [5.41, 5.74) is 0. The number of nitrogens with zero attached hydrogens (tertiary/aromatic N) is 2. The molecule has 0 bridgehead atoms. The summed E-state index contributed by atoms with van der Waals surface area (Å²) in [7, 11) is -3.41. The van der Waals surface area contributed by atoms with Gasteiger partial charge in [0.25, 0.3) is 10.2 Å². The van der Waals surface area contributed by atoms with Crippen molar-refractivity contribution in [2.45, 2.75) is 33.1 Å². The molecule has 1 aliphatic heterocycles. The summed E-state index contributed by atoms with van der Waals surface area (Å²) in [4.78, 5) is 10.8. The van der Waals surface area contributed by atoms with Gasteiger partial charge in [0.1, 0.15) is 0 Å². The molecule has 1 rings (SSSR count). The zero-order chi connectivity index (χ0) is 13.8. The molecule has 0 spiro atoms. The molecule has 1 aliphatic rings. The van der Waals surface area contributed by atoms with Crippen molar-refractivity contribution >= 4 is 16.2 Å². The quantitative estimate of drug-likeness (QED) is 0.778. The third-order valence-electron chi connectivity index (χ3n) is 3.28. The lowest BCUT2D eigenvalue weighted by Gasteiger charge is -2.33. The monoisotopic (exact) mass is 278 g/mol. The Balaban J connectivity index is 2.68. The van der Waals surface area contributed by atoms with Crippen LogP contribution in [-0.4, -0.2) is 54.3 Å². The van der Waals surface area contributed by atoms with Crippen molar-refractivity contribution in [2.75, 3.05) is 26.2 Å². The number of aliphatic carboxylic acids is 1. The molecule has 0 aromatic heterocycles. The first-order chi connectivity index (χ1) is 8.43. The number of carboxylic acid groups (broad SMARTS) is 1. The van der Waals surface area contributed by atoms with E-state index in [1.807, 2.05) is 13.8 Å². The topological polar surface area (TPSA) is 77.9 Å². The van der Waals surface area contributed by atoms with E-state index in [1.165, 1.54) is 8.61 Å². The van der Waals surface area contributed by atoms with Gasteiger partial charge in [0, 0.05) is 26.2 Å². The predicted octanol–water partition coefficient (Wildman–Crippen LogP) is 0.760. The highest BCUT2D eigenvalue weighted by Crippen LogP contribution is 2.21. The van der Waals surface area contributed by atoms with E-state index in [2.05, 4.69) is 0 Å². The molecule has 0 atom stereocenters. The van der Waals surface area contributed by atoms with Gasteiger partial charge in [0.2, 0.25) is 0 Å². The Labute approximate surface area is 109 Å². The SMILES string of the molecule is CCCN(CC)S(=O)(=O)N1CCC(C(=O)O)CC1. The number of carboxylic acids is 1. The van der Waals surface area contributed by atoms with Crippen LogP contribution in [0.3, 0.4) is 0 Å². The fraction of sp³-hybridized carbons (Fsp3) is 0.909. The predicted molar refractivity (Wildman–Crippen MR) is 68.4 cm³/mol. The van der Waals surface area contributed by atoms with E-state index < -0.39 is 22.1 Å². The molecule has 1 saturated heterocycles. The normalized spacial score (nSPS) is 19.3. The summed E-state index contributed by atoms with van der Waals surface area (Å²) in [5.74, 6) is -1.23. The maximum absolute atomic E-state index is 12.3. The molecule has 1 heterocycles. The molecule has 0 amide bonds. The summed E-state index contributed by atoms with van der Waals surface area (Å²) < 4.78 is 27.4. The number of hydrogen-bond donors (Lipinski definition) is 1. The minimum absolute atomic E-state index is 0.305. The van der Waals surface area contributed by atoms with Crippen LogP contribution in [0.2, 0.25) is 0 Å². The summed E-state index contributed by atoms with van der Waals surface area (Å²) in [5, 5.41) is 8.89. The Morgan fingerprint density at radius 2 is 1.89 bits per heavy atom. The van der Waals surface area contributed by atoms with Crippen molar-refractivity contribution in [2.24, 2.45) is 5.92 Å². The Bertz CT molecular complexity index is 375. The van der Waals surface area contributed by atoms with E-state index in [0.717, 1.165) is 6.42 Å². The van der Waals surface area contributed by atoms with Gasteiger partial charge < -0.3 is 5.11 Å². The first-order valence-corrected chi connectivity index (χ1v) is 7.81. The van der Waals surface area contributed by atoms with Crippen LogP contribution in [0.1, 0.15) is 33.1 Å². The molecule has 0 aromatic carbocycles. The summed E-state index contributed by atoms with van der Waals surface area (Å²) in [6, 6.07) is 0. The van der Waals surface area contributed by atoms with Gasteiger partial charge in [-0.2, -0.15) is 17.0 Å². The van der Waals surface area contributed by atoms with Gasteiger partial charge >= 0.3 is 5.97 Å². The van der Waals surface area contributed by atoms with Crippen LogP contribution in [0.4, 0.5) is 0 Å². The fourth-order valence-corrected chi connectivity index (χ4v) is 3.92. The molecule has 1 fully saturated rings. The highest BCUT2D eigenvalue weighted by atomic mass is 32.2. The lowest BCUT2D eigenvalue weighted by molar-refractivity contribution is -0.142. The molecule has 0 saturated carbocycles. The highest BCUT2D eigenvalue weighted by Gasteiger charge is 2.33. The van der Waals surface area contributed by atoms with Gasteiger partial charge in [0.15, 0.2) is 0 Å². The lowest BCUT2D eigenvalue weighted by atomic mass is 9.99. The molecule has 106 valence electrons. The van der Waals surface area contributed by atoms with Gasteiger partial charge in [-0.15, -0.1) is 0 Å². The molecule has 6 nitrogen and oxygen atoms in total. The number of piperidine rings is 1. The average Bonchev–Trinajstić information content (AvgIpc) is 2.35. The van der Waals surface area contributed by atoms with Crippen molar-refractivity contribution < 1.29 is 18.3 Å². The molecule has 0 radical (unpaired) electrons. The summed E-state index contributed by atoms with van der Waals surface area (Å²) in [6.45, 7) is 5.33. The third kappa shape index (κ3) is 3.43. The molecule has 0 unspecified atom stereocenters. The van der Waals surface area contributed by atoms with Crippen LogP contribution < -0.4 is 0 Å². The van der Waals surface area contributed by atoms with Crippen molar-refractivity contribution in [3.63, 3.8) is 0 Å². The standard InChI is InChI=1S/C11H22N2O4S/c1-3-7-12(4-2)18(16,17)13-8-5-10(6-9-13)11(14)15/h10H,3-9H2,1-2H3,(H,14,15). The molecule has 0 aliphatic carbocycles. The average molecular weight is 278 g/mol. The Morgan fingerprint density at radius 1 is 1.33 bits per heavy atom. The highest BCUT2D eigenvalue weighted by molar-refractivity contribution is 7.86. The van der Waals surface area contributed by atoms with E-state index in [9.17, 15) is 13.2 Å². The van der Waals surface area contributed by atoms with Crippen molar-refractivity contribution in [1.82, 2.24) is 8.61 Å². The van der Waals surface area contributed by atoms with E-state index in [4.69, 9.17) is 5.11 Å². The second-order valence-electron chi connectivity index (χ2n) is 4.51. The number of rotatable bonds is 6. The van der Waals surface area contributed by atoms with Crippen LogP contribution in [0.25, 0.3) is 0 Å². The van der Waals surface area contributed by atoms with Crippen molar-refractivity contribution in [1.29, 1.82) is 0 Å². The van der Waals surface area contributed by atoms with Gasteiger partial charge in [-0.3, -0.25) is 4.79 Å². The van der Waals surface area contributed by atoms with Gasteiger partial charge in [-0.1, -0.05) is 13.8 Å². The number of hydrogen-bond acceptors (Lipinski definition) is 3. The molecule has 18 heavy (non-hydrogen) atoms. The largest absolute Gasteiger partial charge is 0.481 e. The molecule has 7 heteroatoms. The zero-order valence-electron chi connectivity index (χ0n) is 11.0.